The van der Waals surface area contributed by atoms with E-state index in [1.54, 1.807) is 14.0 Å². The summed E-state index contributed by atoms with van der Waals surface area (Å²) in [6.07, 6.45) is 0. The quantitative estimate of drug-likeness (QED) is 0.594. The average Bonchev–Trinajstić information content (AvgIpc) is 3.24. The van der Waals surface area contributed by atoms with Crippen molar-refractivity contribution < 1.29 is 14.3 Å². The number of amides is 1. The minimum Gasteiger partial charge on any atom is -0.493 e. The number of nitrogens with two attached hydrogens (primary N) is 1. The number of carbonyl (C=O) groups is 1. The summed E-state index contributed by atoms with van der Waals surface area (Å²) in [4.78, 5) is 12.2. The Morgan fingerprint density at radius 2 is 1.88 bits per heavy atom. The third kappa shape index (κ3) is 4.39. The van der Waals surface area contributed by atoms with Crippen molar-refractivity contribution in [3.05, 3.63) is 70.4 Å². The van der Waals surface area contributed by atoms with Gasteiger partial charge in [0.1, 0.15) is 12.6 Å². The van der Waals surface area contributed by atoms with Crippen molar-refractivity contribution in [3.63, 3.8) is 0 Å². The van der Waals surface area contributed by atoms with E-state index in [1.165, 1.54) is 10.2 Å². The van der Waals surface area contributed by atoms with Crippen molar-refractivity contribution in [3.8, 4) is 11.5 Å². The molecule has 2 aromatic carbocycles. The van der Waals surface area contributed by atoms with Crippen LogP contribution in [0.4, 0.5) is 5.95 Å². The number of carbonyl (C=O) groups excluding carboxylic acids is 1. The van der Waals surface area contributed by atoms with Crippen LogP contribution < -0.4 is 20.5 Å². The first-order valence-electron chi connectivity index (χ1n) is 10.6. The molecule has 1 atom stereocenters. The van der Waals surface area contributed by atoms with E-state index in [1.807, 2.05) is 18.2 Å². The van der Waals surface area contributed by atoms with Gasteiger partial charge in [0.2, 0.25) is 11.9 Å². The van der Waals surface area contributed by atoms with E-state index < -0.39 is 11.9 Å². The fourth-order valence-corrected chi connectivity index (χ4v) is 3.88. The summed E-state index contributed by atoms with van der Waals surface area (Å²) < 4.78 is 13.2. The van der Waals surface area contributed by atoms with Crippen molar-refractivity contribution in [2.75, 3.05) is 12.4 Å². The maximum absolute atomic E-state index is 12.2. The smallest absolute Gasteiger partial charge is 0.248 e. The third-order valence-corrected chi connectivity index (χ3v) is 5.70. The zero-order chi connectivity index (χ0) is 23.8. The number of benzene rings is 2. The second kappa shape index (κ2) is 8.57. The number of ether oxygens (including phenoxy) is 2. The standard InChI is InChI=1S/C24H28N6O3/c1-14-20(22(25)31)21(30-23(26-14)27-28-29-30)16-8-11-18(19(12-16)32-5)33-13-15-6-9-17(10-7-15)24(2,3)4/h6-12,21H,13H2,1-5H3,(H2,25,31)(H,26,27,29)/t21-/m0/s1. The molecule has 9 nitrogen and oxygen atoms in total. The number of hydrogen-bond donors (Lipinski definition) is 2. The summed E-state index contributed by atoms with van der Waals surface area (Å²) in [6, 6.07) is 13.3. The van der Waals surface area contributed by atoms with E-state index in [-0.39, 0.29) is 5.41 Å². The van der Waals surface area contributed by atoms with Crippen molar-refractivity contribution in [2.45, 2.75) is 45.8 Å². The molecule has 0 unspecified atom stereocenters. The second-order valence-corrected chi connectivity index (χ2v) is 9.02. The number of fused-ring (bicyclic) bond motifs is 1. The van der Waals surface area contributed by atoms with E-state index in [0.717, 1.165) is 11.1 Å². The fraction of sp³-hybridized carbons (Fsp3) is 0.333. The van der Waals surface area contributed by atoms with Crippen LogP contribution in [0.2, 0.25) is 0 Å². The number of tetrazole rings is 1. The van der Waals surface area contributed by atoms with Crippen LogP contribution in [0.5, 0.6) is 11.5 Å². The lowest BCUT2D eigenvalue weighted by Crippen LogP contribution is -2.31. The Morgan fingerprint density at radius 3 is 2.52 bits per heavy atom. The van der Waals surface area contributed by atoms with Gasteiger partial charge in [0.05, 0.1) is 12.7 Å². The van der Waals surface area contributed by atoms with Crippen molar-refractivity contribution in [1.29, 1.82) is 0 Å². The van der Waals surface area contributed by atoms with Gasteiger partial charge in [-0.3, -0.25) is 4.79 Å². The highest BCUT2D eigenvalue weighted by atomic mass is 16.5. The lowest BCUT2D eigenvalue weighted by atomic mass is 9.87. The minimum absolute atomic E-state index is 0.100. The summed E-state index contributed by atoms with van der Waals surface area (Å²) in [5, 5.41) is 14.7. The number of anilines is 1. The number of rotatable bonds is 6. The maximum atomic E-state index is 12.2. The molecule has 1 amide bonds. The fourth-order valence-electron chi connectivity index (χ4n) is 3.88. The number of aromatic nitrogens is 4. The lowest BCUT2D eigenvalue weighted by molar-refractivity contribution is -0.115. The average molecular weight is 449 g/mol. The summed E-state index contributed by atoms with van der Waals surface area (Å²) in [5.41, 5.74) is 9.84. The molecule has 3 aromatic rings. The molecular formula is C24H28N6O3. The summed E-state index contributed by atoms with van der Waals surface area (Å²) in [5.74, 6) is 1.01. The van der Waals surface area contributed by atoms with Crippen LogP contribution in [0.15, 0.2) is 53.7 Å². The molecule has 0 saturated carbocycles. The highest BCUT2D eigenvalue weighted by Gasteiger charge is 2.33. The Balaban J connectivity index is 1.60. The van der Waals surface area contributed by atoms with E-state index in [9.17, 15) is 4.79 Å². The molecule has 1 aromatic heterocycles. The molecule has 0 aliphatic carbocycles. The van der Waals surface area contributed by atoms with Gasteiger partial charge in [0.25, 0.3) is 0 Å². The van der Waals surface area contributed by atoms with Gasteiger partial charge in [-0.25, -0.2) is 0 Å². The van der Waals surface area contributed by atoms with Gasteiger partial charge in [0.15, 0.2) is 11.5 Å². The lowest BCUT2D eigenvalue weighted by Gasteiger charge is -2.27. The molecule has 1 aliphatic heterocycles. The summed E-state index contributed by atoms with van der Waals surface area (Å²) in [7, 11) is 1.57. The molecule has 0 spiro atoms. The molecule has 9 heteroatoms. The molecule has 1 aliphatic rings. The van der Waals surface area contributed by atoms with Gasteiger partial charge < -0.3 is 20.5 Å². The topological polar surface area (TPSA) is 117 Å². The van der Waals surface area contributed by atoms with Gasteiger partial charge in [-0.15, -0.1) is 0 Å². The Hall–Kier alpha value is -3.88. The van der Waals surface area contributed by atoms with Gasteiger partial charge in [-0.1, -0.05) is 56.2 Å². The summed E-state index contributed by atoms with van der Waals surface area (Å²) >= 11 is 0. The Morgan fingerprint density at radius 1 is 1.15 bits per heavy atom. The molecule has 4 rings (SSSR count). The van der Waals surface area contributed by atoms with Crippen LogP contribution >= 0.6 is 0 Å². The molecule has 172 valence electrons. The molecule has 0 saturated heterocycles. The first kappa shape index (κ1) is 22.3. The van der Waals surface area contributed by atoms with E-state index >= 15 is 0 Å². The first-order chi connectivity index (χ1) is 15.7. The van der Waals surface area contributed by atoms with Gasteiger partial charge in [-0.05, 0) is 51.6 Å². The van der Waals surface area contributed by atoms with Crippen LogP contribution in [-0.4, -0.2) is 33.2 Å². The van der Waals surface area contributed by atoms with E-state index in [4.69, 9.17) is 15.2 Å². The number of methoxy groups -OCH3 is 1. The molecule has 33 heavy (non-hydrogen) atoms. The molecule has 0 radical (unpaired) electrons. The zero-order valence-corrected chi connectivity index (χ0v) is 19.4. The number of nitrogens with one attached hydrogen (secondary N) is 1. The van der Waals surface area contributed by atoms with Crippen LogP contribution in [0.3, 0.4) is 0 Å². The first-order valence-corrected chi connectivity index (χ1v) is 10.6. The predicted molar refractivity (Wildman–Crippen MR) is 124 cm³/mol. The molecular weight excluding hydrogens is 420 g/mol. The minimum atomic E-state index is -0.582. The second-order valence-electron chi connectivity index (χ2n) is 9.02. The van der Waals surface area contributed by atoms with Crippen LogP contribution in [0.25, 0.3) is 0 Å². The van der Waals surface area contributed by atoms with Gasteiger partial charge in [-0.2, -0.15) is 4.68 Å². The molecule has 0 fully saturated rings. The largest absolute Gasteiger partial charge is 0.493 e. The maximum Gasteiger partial charge on any atom is 0.248 e. The highest BCUT2D eigenvalue weighted by Crippen LogP contribution is 2.38. The van der Waals surface area contributed by atoms with Gasteiger partial charge in [0, 0.05) is 5.70 Å². The number of allylic oxidation sites excluding steroid dienone is 1. The Bertz CT molecular complexity index is 1210. The Labute approximate surface area is 192 Å². The number of primary amides is 1. The SMILES string of the molecule is COc1cc([C@H]2C(C(N)=O)=C(C)Nc3nnnn32)ccc1OCc1ccc(C(C)(C)C)cc1. The van der Waals surface area contributed by atoms with Gasteiger partial charge >= 0.3 is 0 Å². The number of hydrogen-bond acceptors (Lipinski definition) is 7. The van der Waals surface area contributed by atoms with Crippen LogP contribution in [0, 0.1) is 0 Å². The van der Waals surface area contributed by atoms with Crippen LogP contribution in [-0.2, 0) is 16.8 Å². The summed E-state index contributed by atoms with van der Waals surface area (Å²) in [6.45, 7) is 8.73. The zero-order valence-electron chi connectivity index (χ0n) is 19.4. The molecule has 2 heterocycles. The van der Waals surface area contributed by atoms with Crippen LogP contribution in [0.1, 0.15) is 50.4 Å². The van der Waals surface area contributed by atoms with E-state index in [0.29, 0.717) is 35.3 Å². The van der Waals surface area contributed by atoms with Crippen molar-refractivity contribution in [2.24, 2.45) is 5.73 Å². The van der Waals surface area contributed by atoms with Crippen molar-refractivity contribution >= 4 is 11.9 Å². The van der Waals surface area contributed by atoms with E-state index in [2.05, 4.69) is 65.9 Å². The van der Waals surface area contributed by atoms with Crippen molar-refractivity contribution in [1.82, 2.24) is 20.2 Å². The molecule has 3 N–H and O–H groups in total. The normalized spacial score (nSPS) is 15.6. The highest BCUT2D eigenvalue weighted by molar-refractivity contribution is 5.95. The third-order valence-electron chi connectivity index (χ3n) is 5.70. The molecule has 0 bridgehead atoms. The number of nitrogens with zero attached hydrogens (tertiary/aromatic N) is 4. The Kier molecular flexibility index (Phi) is 5.80. The predicted octanol–water partition coefficient (Wildman–Crippen LogP) is 3.33. The monoisotopic (exact) mass is 448 g/mol.